The first-order valence-electron chi connectivity index (χ1n) is 1.68. The number of alkyl halides is 3. The van der Waals surface area contributed by atoms with E-state index in [9.17, 15) is 13.2 Å². The van der Waals surface area contributed by atoms with Crippen molar-refractivity contribution in [2.45, 2.75) is 12.4 Å². The molecular formula is C3H3F3S2. The molecule has 0 amide bonds. The molecule has 0 rings (SSSR count). The van der Waals surface area contributed by atoms with Crippen LogP contribution in [0.15, 0.2) is 0 Å². The molecule has 0 bridgehead atoms. The first-order chi connectivity index (χ1) is 3.42. The minimum absolute atomic E-state index is 0.0995. The summed E-state index contributed by atoms with van der Waals surface area (Å²) in [4.78, 5) is 0. The van der Waals surface area contributed by atoms with Crippen LogP contribution < -0.4 is 0 Å². The third kappa shape index (κ3) is 6.23. The quantitative estimate of drug-likeness (QED) is 0.499. The van der Waals surface area contributed by atoms with Crippen LogP contribution in [0.5, 0.6) is 0 Å². The largest absolute Gasteiger partial charge is 0.446 e. The molecule has 0 spiro atoms. The summed E-state index contributed by atoms with van der Waals surface area (Å²) in [6.07, 6.45) is 0. The van der Waals surface area contributed by atoms with Crippen molar-refractivity contribution in [2.24, 2.45) is 0 Å². The van der Waals surface area contributed by atoms with Crippen LogP contribution in [0.2, 0.25) is 0 Å². The third-order valence-electron chi connectivity index (χ3n) is 0.259. The fourth-order valence-corrected chi connectivity index (χ4v) is 0.772. The molecule has 0 aliphatic heterocycles. The van der Waals surface area contributed by atoms with Gasteiger partial charge in [0, 0.05) is 0 Å². The molecule has 0 aromatic rings. The van der Waals surface area contributed by atoms with Gasteiger partial charge in [0.2, 0.25) is 0 Å². The Morgan fingerprint density at radius 3 is 1.88 bits per heavy atom. The van der Waals surface area contributed by atoms with Crippen molar-refractivity contribution in [1.82, 2.24) is 0 Å². The van der Waals surface area contributed by atoms with Gasteiger partial charge in [-0.3, -0.25) is 0 Å². The Balaban J connectivity index is 3.55. The molecule has 0 heterocycles. The number of hydrogen-bond acceptors (Lipinski definition) is 2. The van der Waals surface area contributed by atoms with Gasteiger partial charge in [-0.15, -0.1) is 0 Å². The molecule has 0 saturated heterocycles. The minimum atomic E-state index is -4.20. The second-order valence-electron chi connectivity index (χ2n) is 1.04. The molecule has 0 aliphatic rings. The lowest BCUT2D eigenvalue weighted by molar-refractivity contribution is -0.0315. The maximum absolute atomic E-state index is 11.2. The van der Waals surface area contributed by atoms with Crippen LogP contribution in [-0.2, 0) is 0 Å². The van der Waals surface area contributed by atoms with Gasteiger partial charge >= 0.3 is 5.51 Å². The van der Waals surface area contributed by atoms with Crippen molar-refractivity contribution in [3.8, 4) is 0 Å². The average molecular weight is 160 g/mol. The van der Waals surface area contributed by atoms with Crippen LogP contribution in [-0.4, -0.2) is 9.70 Å². The van der Waals surface area contributed by atoms with Gasteiger partial charge in [0.05, 0.1) is 4.20 Å². The minimum Gasteiger partial charge on any atom is -0.160 e. The Hall–Kier alpha value is 0.230. The van der Waals surface area contributed by atoms with Crippen molar-refractivity contribution >= 4 is 28.2 Å². The van der Waals surface area contributed by atoms with Gasteiger partial charge in [0.25, 0.3) is 0 Å². The fourth-order valence-electron chi connectivity index (χ4n) is 0.163. The highest BCUT2D eigenvalue weighted by Gasteiger charge is 2.28. The number of thioether (sulfide) groups is 1. The van der Waals surface area contributed by atoms with E-state index in [4.69, 9.17) is 0 Å². The molecule has 0 unspecified atom stereocenters. The molecule has 0 aliphatic carbocycles. The van der Waals surface area contributed by atoms with Gasteiger partial charge in [-0.2, -0.15) is 13.2 Å². The second-order valence-corrected chi connectivity index (χ2v) is 3.19. The second kappa shape index (κ2) is 2.68. The van der Waals surface area contributed by atoms with E-state index < -0.39 is 5.51 Å². The zero-order valence-corrected chi connectivity index (χ0v) is 5.58. The number of thiocarbonyl (C=S) groups is 1. The molecule has 48 valence electrons. The zero-order valence-electron chi connectivity index (χ0n) is 3.95. The first kappa shape index (κ1) is 8.23. The van der Waals surface area contributed by atoms with Gasteiger partial charge in [0.1, 0.15) is 0 Å². The summed E-state index contributed by atoms with van der Waals surface area (Å²) in [6.45, 7) is 1.24. The molecule has 5 heteroatoms. The molecule has 8 heavy (non-hydrogen) atoms. The maximum Gasteiger partial charge on any atom is 0.446 e. The Bertz CT molecular complexity index is 95.2. The average Bonchev–Trinajstić information content (AvgIpc) is 1.21. The van der Waals surface area contributed by atoms with Gasteiger partial charge in [-0.25, -0.2) is 0 Å². The van der Waals surface area contributed by atoms with Gasteiger partial charge in [-0.1, -0.05) is 12.2 Å². The lowest BCUT2D eigenvalue weighted by Crippen LogP contribution is -2.01. The fraction of sp³-hybridized carbons (Fsp3) is 0.667. The summed E-state index contributed by atoms with van der Waals surface area (Å²) >= 11 is 3.93. The van der Waals surface area contributed by atoms with E-state index in [1.807, 2.05) is 0 Å². The van der Waals surface area contributed by atoms with E-state index >= 15 is 0 Å². The lowest BCUT2D eigenvalue weighted by atomic mass is 11.0. The Kier molecular flexibility index (Phi) is 2.76. The first-order valence-corrected chi connectivity index (χ1v) is 2.90. The summed E-state index contributed by atoms with van der Waals surface area (Å²) in [5.74, 6) is 0. The van der Waals surface area contributed by atoms with Crippen molar-refractivity contribution < 1.29 is 13.2 Å². The molecule has 0 fully saturated rings. The molecule has 0 nitrogen and oxygen atoms in total. The van der Waals surface area contributed by atoms with Gasteiger partial charge in [0.15, 0.2) is 0 Å². The molecule has 0 saturated carbocycles. The summed E-state index contributed by atoms with van der Waals surface area (Å²) in [5.41, 5.74) is -4.20. The van der Waals surface area contributed by atoms with Crippen LogP contribution in [0.25, 0.3) is 0 Å². The standard InChI is InChI=1S/C3H3F3S2/c1-2(7)8-3(4,5)6/h1H3. The van der Waals surface area contributed by atoms with Gasteiger partial charge < -0.3 is 0 Å². The predicted molar refractivity (Wildman–Crippen MR) is 31.9 cm³/mol. The summed E-state index contributed by atoms with van der Waals surface area (Å²) < 4.78 is 33.4. The molecule has 0 radical (unpaired) electrons. The zero-order chi connectivity index (χ0) is 6.78. The number of halogens is 3. The maximum atomic E-state index is 11.2. The molecule has 0 N–H and O–H groups in total. The van der Waals surface area contributed by atoms with Crippen molar-refractivity contribution in [2.75, 3.05) is 0 Å². The molecule has 0 aromatic heterocycles. The Labute approximate surface area is 54.4 Å². The van der Waals surface area contributed by atoms with E-state index in [1.54, 1.807) is 0 Å². The highest BCUT2D eigenvalue weighted by atomic mass is 32.2. The van der Waals surface area contributed by atoms with Crippen LogP contribution in [0, 0.1) is 0 Å². The van der Waals surface area contributed by atoms with E-state index in [-0.39, 0.29) is 16.0 Å². The summed E-state index contributed by atoms with van der Waals surface area (Å²) in [7, 11) is 0. The van der Waals surface area contributed by atoms with Crippen LogP contribution in [0.3, 0.4) is 0 Å². The van der Waals surface area contributed by atoms with E-state index in [1.165, 1.54) is 6.92 Å². The van der Waals surface area contributed by atoms with Crippen molar-refractivity contribution in [3.63, 3.8) is 0 Å². The van der Waals surface area contributed by atoms with E-state index in [2.05, 4.69) is 12.2 Å². The summed E-state index contributed by atoms with van der Waals surface area (Å²) in [5, 5.41) is 0. The topological polar surface area (TPSA) is 0 Å². The third-order valence-corrected chi connectivity index (χ3v) is 1.03. The smallest absolute Gasteiger partial charge is 0.160 e. The Morgan fingerprint density at radius 2 is 1.88 bits per heavy atom. The highest BCUT2D eigenvalue weighted by molar-refractivity contribution is 8.23. The van der Waals surface area contributed by atoms with Gasteiger partial charge in [-0.05, 0) is 18.7 Å². The van der Waals surface area contributed by atoms with E-state index in [0.29, 0.717) is 0 Å². The Morgan fingerprint density at radius 1 is 1.50 bits per heavy atom. The monoisotopic (exact) mass is 160 g/mol. The van der Waals surface area contributed by atoms with E-state index in [0.717, 1.165) is 0 Å². The lowest BCUT2D eigenvalue weighted by Gasteiger charge is -2.00. The van der Waals surface area contributed by atoms with Crippen molar-refractivity contribution in [3.05, 3.63) is 0 Å². The number of rotatable bonds is 0. The van der Waals surface area contributed by atoms with Crippen molar-refractivity contribution in [1.29, 1.82) is 0 Å². The summed E-state index contributed by atoms with van der Waals surface area (Å²) in [6, 6.07) is 0. The van der Waals surface area contributed by atoms with Crippen LogP contribution in [0.4, 0.5) is 13.2 Å². The molecule has 0 atom stereocenters. The normalized spacial score (nSPS) is 11.5. The SMILES string of the molecule is CC(=S)SC(F)(F)F. The predicted octanol–water partition coefficient (Wildman–Crippen LogP) is 2.59. The molecular weight excluding hydrogens is 157 g/mol. The highest BCUT2D eigenvalue weighted by Crippen LogP contribution is 2.30. The van der Waals surface area contributed by atoms with Crippen LogP contribution in [0.1, 0.15) is 6.92 Å². The number of hydrogen-bond donors (Lipinski definition) is 0. The molecule has 0 aromatic carbocycles. The van der Waals surface area contributed by atoms with Crippen LogP contribution >= 0.6 is 24.0 Å².